The molecule has 0 N–H and O–H groups in total. The standard InChI is InChI=1S/C21H23F4N5O2/c1-12-11-32-9-8-28(12)18-17(22)19(31)29-7-6-16(21(23,24)25)30(20(29)27-18)14-4-5-15(26-10-14)13-2-3-13/h4-5,10,12-13,16H,2-3,6-9,11H2,1H3/t12-,16+/m1/s1. The summed E-state index contributed by atoms with van der Waals surface area (Å²) < 4.78 is 63.4. The molecule has 2 aromatic rings. The van der Waals surface area contributed by atoms with E-state index in [9.17, 15) is 18.0 Å². The molecular formula is C21H23F4N5O2. The van der Waals surface area contributed by atoms with Gasteiger partial charge in [-0.2, -0.15) is 22.5 Å². The minimum absolute atomic E-state index is 0.171. The van der Waals surface area contributed by atoms with Gasteiger partial charge in [0.2, 0.25) is 11.8 Å². The first-order valence-corrected chi connectivity index (χ1v) is 10.7. The molecule has 1 saturated carbocycles. The molecule has 0 spiro atoms. The van der Waals surface area contributed by atoms with Gasteiger partial charge in [0.25, 0.3) is 5.56 Å². The molecule has 4 heterocycles. The highest BCUT2D eigenvalue weighted by Gasteiger charge is 2.48. The normalized spacial score (nSPS) is 23.9. The second-order valence-electron chi connectivity index (χ2n) is 8.56. The third kappa shape index (κ3) is 3.62. The Hall–Kier alpha value is -2.69. The molecule has 2 aromatic heterocycles. The summed E-state index contributed by atoms with van der Waals surface area (Å²) in [5.41, 5.74) is 0.0307. The second-order valence-corrected chi connectivity index (χ2v) is 8.56. The quantitative estimate of drug-likeness (QED) is 0.665. The molecule has 172 valence electrons. The monoisotopic (exact) mass is 453 g/mol. The van der Waals surface area contributed by atoms with E-state index in [0.29, 0.717) is 19.1 Å². The number of ether oxygens (including phenoxy) is 1. The van der Waals surface area contributed by atoms with Crippen LogP contribution in [0.4, 0.5) is 35.0 Å². The third-order valence-electron chi connectivity index (χ3n) is 6.29. The van der Waals surface area contributed by atoms with Crippen LogP contribution in [-0.2, 0) is 11.3 Å². The van der Waals surface area contributed by atoms with Crippen LogP contribution >= 0.6 is 0 Å². The summed E-state index contributed by atoms with van der Waals surface area (Å²) >= 11 is 0. The smallest absolute Gasteiger partial charge is 0.377 e. The Morgan fingerprint density at radius 1 is 1.16 bits per heavy atom. The van der Waals surface area contributed by atoms with Crippen molar-refractivity contribution in [3.63, 3.8) is 0 Å². The summed E-state index contributed by atoms with van der Waals surface area (Å²) in [4.78, 5) is 24.0. The number of pyridine rings is 1. The molecule has 0 bridgehead atoms. The van der Waals surface area contributed by atoms with Crippen LogP contribution in [0.1, 0.15) is 37.8 Å². The Balaban J connectivity index is 1.64. The Kier molecular flexibility index (Phi) is 5.11. The molecule has 5 rings (SSSR count). The zero-order valence-corrected chi connectivity index (χ0v) is 17.5. The van der Waals surface area contributed by atoms with Crippen molar-refractivity contribution in [2.45, 2.75) is 56.9 Å². The first kappa shape index (κ1) is 21.2. The van der Waals surface area contributed by atoms with E-state index in [1.807, 2.05) is 0 Å². The first-order valence-electron chi connectivity index (χ1n) is 10.7. The molecule has 0 unspecified atom stereocenters. The lowest BCUT2D eigenvalue weighted by Crippen LogP contribution is -2.51. The van der Waals surface area contributed by atoms with E-state index >= 15 is 4.39 Å². The van der Waals surface area contributed by atoms with Crippen LogP contribution in [0.3, 0.4) is 0 Å². The van der Waals surface area contributed by atoms with E-state index in [4.69, 9.17) is 4.74 Å². The number of alkyl halides is 3. The summed E-state index contributed by atoms with van der Waals surface area (Å²) in [6, 6.07) is 1.11. The molecule has 0 amide bonds. The molecule has 3 aliphatic rings. The number of hydrogen-bond donors (Lipinski definition) is 0. The van der Waals surface area contributed by atoms with Gasteiger partial charge < -0.3 is 9.64 Å². The van der Waals surface area contributed by atoms with Gasteiger partial charge in [0, 0.05) is 24.7 Å². The van der Waals surface area contributed by atoms with Gasteiger partial charge in [-0.15, -0.1) is 0 Å². The third-order valence-corrected chi connectivity index (χ3v) is 6.29. The van der Waals surface area contributed by atoms with Gasteiger partial charge in [0.15, 0.2) is 5.82 Å². The zero-order chi connectivity index (χ0) is 22.6. The van der Waals surface area contributed by atoms with Gasteiger partial charge in [-0.25, -0.2) is 0 Å². The number of anilines is 3. The molecule has 7 nitrogen and oxygen atoms in total. The molecule has 2 fully saturated rings. The van der Waals surface area contributed by atoms with Gasteiger partial charge >= 0.3 is 6.18 Å². The summed E-state index contributed by atoms with van der Waals surface area (Å²) in [6.45, 7) is 2.42. The predicted octanol–water partition coefficient (Wildman–Crippen LogP) is 3.35. The Morgan fingerprint density at radius 3 is 2.56 bits per heavy atom. The van der Waals surface area contributed by atoms with Gasteiger partial charge in [-0.3, -0.25) is 19.2 Å². The summed E-state index contributed by atoms with van der Waals surface area (Å²) in [5, 5.41) is 0. The molecule has 2 aliphatic heterocycles. The fraction of sp³-hybridized carbons (Fsp3) is 0.571. The fourth-order valence-electron chi connectivity index (χ4n) is 4.41. The van der Waals surface area contributed by atoms with E-state index in [2.05, 4.69) is 9.97 Å². The van der Waals surface area contributed by atoms with Crippen LogP contribution < -0.4 is 15.4 Å². The second kappa shape index (κ2) is 7.72. The molecule has 0 radical (unpaired) electrons. The highest BCUT2D eigenvalue weighted by Crippen LogP contribution is 2.42. The molecule has 1 saturated heterocycles. The van der Waals surface area contributed by atoms with E-state index < -0.39 is 30.0 Å². The van der Waals surface area contributed by atoms with Crippen LogP contribution in [-0.4, -0.2) is 52.6 Å². The maximum atomic E-state index is 15.0. The zero-order valence-electron chi connectivity index (χ0n) is 17.5. The minimum atomic E-state index is -4.57. The summed E-state index contributed by atoms with van der Waals surface area (Å²) in [5.74, 6) is -1.18. The predicted molar refractivity (Wildman–Crippen MR) is 109 cm³/mol. The molecule has 1 aliphatic carbocycles. The maximum absolute atomic E-state index is 15.0. The van der Waals surface area contributed by atoms with Gasteiger partial charge in [0.05, 0.1) is 31.1 Å². The van der Waals surface area contributed by atoms with Crippen molar-refractivity contribution in [2.24, 2.45) is 0 Å². The Bertz CT molecular complexity index is 1070. The minimum Gasteiger partial charge on any atom is -0.377 e. The number of fused-ring (bicyclic) bond motifs is 1. The first-order chi connectivity index (χ1) is 15.3. The molecular weight excluding hydrogens is 430 g/mol. The topological polar surface area (TPSA) is 63.5 Å². The molecule has 11 heteroatoms. The van der Waals surface area contributed by atoms with Crippen LogP contribution in [0.15, 0.2) is 23.1 Å². The van der Waals surface area contributed by atoms with Crippen molar-refractivity contribution in [3.05, 3.63) is 40.2 Å². The lowest BCUT2D eigenvalue weighted by molar-refractivity contribution is -0.150. The highest BCUT2D eigenvalue weighted by atomic mass is 19.4. The van der Waals surface area contributed by atoms with Gasteiger partial charge in [-0.05, 0) is 38.3 Å². The van der Waals surface area contributed by atoms with Crippen molar-refractivity contribution in [1.29, 1.82) is 0 Å². The van der Waals surface area contributed by atoms with Gasteiger partial charge in [-0.1, -0.05) is 0 Å². The average molecular weight is 453 g/mol. The maximum Gasteiger partial charge on any atom is 0.409 e. The van der Waals surface area contributed by atoms with E-state index in [-0.39, 0.29) is 36.6 Å². The number of rotatable bonds is 3. The molecule has 32 heavy (non-hydrogen) atoms. The van der Waals surface area contributed by atoms with E-state index in [1.165, 1.54) is 6.20 Å². The summed E-state index contributed by atoms with van der Waals surface area (Å²) in [6.07, 6.45) is -1.55. The number of aromatic nitrogens is 3. The molecule has 2 atom stereocenters. The van der Waals surface area contributed by atoms with Crippen molar-refractivity contribution >= 4 is 17.5 Å². The number of halogens is 4. The van der Waals surface area contributed by atoms with Crippen molar-refractivity contribution in [2.75, 3.05) is 29.6 Å². The van der Waals surface area contributed by atoms with Crippen LogP contribution in [0.25, 0.3) is 0 Å². The molecule has 0 aromatic carbocycles. The number of nitrogens with zero attached hydrogens (tertiary/aromatic N) is 5. The van der Waals surface area contributed by atoms with Gasteiger partial charge in [0.1, 0.15) is 6.04 Å². The van der Waals surface area contributed by atoms with Crippen LogP contribution in [0.5, 0.6) is 0 Å². The lowest BCUT2D eigenvalue weighted by atomic mass is 10.1. The number of morpholine rings is 1. The van der Waals surface area contributed by atoms with Crippen LogP contribution in [0, 0.1) is 5.82 Å². The van der Waals surface area contributed by atoms with Crippen molar-refractivity contribution in [1.82, 2.24) is 14.5 Å². The van der Waals surface area contributed by atoms with E-state index in [0.717, 1.165) is 28.0 Å². The lowest BCUT2D eigenvalue weighted by Gasteiger charge is -2.40. The van der Waals surface area contributed by atoms with Crippen LogP contribution in [0.2, 0.25) is 0 Å². The highest BCUT2D eigenvalue weighted by molar-refractivity contribution is 5.61. The number of hydrogen-bond acceptors (Lipinski definition) is 6. The Morgan fingerprint density at radius 2 is 1.94 bits per heavy atom. The van der Waals surface area contributed by atoms with Crippen molar-refractivity contribution < 1.29 is 22.3 Å². The fourth-order valence-corrected chi connectivity index (χ4v) is 4.41. The average Bonchev–Trinajstić information content (AvgIpc) is 3.61. The summed E-state index contributed by atoms with van der Waals surface area (Å²) in [7, 11) is 0. The van der Waals surface area contributed by atoms with E-state index in [1.54, 1.807) is 24.0 Å². The SMILES string of the molecule is C[C@@H]1COCCN1c1nc2n(c(=O)c1F)CC[C@@H](C(F)(F)F)N2c1ccc(C2CC2)nc1. The Labute approximate surface area is 181 Å². The largest absolute Gasteiger partial charge is 0.409 e. The van der Waals surface area contributed by atoms with Crippen molar-refractivity contribution in [3.8, 4) is 0 Å².